The molecular formula is C24H23N3O5S. The number of methoxy groups -OCH3 is 1. The molecule has 1 unspecified atom stereocenters. The molecule has 2 aliphatic heterocycles. The predicted molar refractivity (Wildman–Crippen MR) is 125 cm³/mol. The van der Waals surface area contributed by atoms with E-state index < -0.39 is 5.92 Å². The lowest BCUT2D eigenvalue weighted by Crippen LogP contribution is -2.28. The number of carbonyl (C=O) groups excluding carboxylic acids is 2. The maximum absolute atomic E-state index is 12.8. The van der Waals surface area contributed by atoms with E-state index in [1.807, 2.05) is 17.5 Å². The van der Waals surface area contributed by atoms with Crippen LogP contribution in [0, 0.1) is 5.92 Å². The third kappa shape index (κ3) is 4.55. The second-order valence-corrected chi connectivity index (χ2v) is 8.77. The zero-order valence-corrected chi connectivity index (χ0v) is 18.9. The lowest BCUT2D eigenvalue weighted by Gasteiger charge is -2.17. The van der Waals surface area contributed by atoms with Gasteiger partial charge in [-0.25, -0.2) is 4.98 Å². The van der Waals surface area contributed by atoms with Gasteiger partial charge in [0.15, 0.2) is 16.6 Å². The van der Waals surface area contributed by atoms with Crippen LogP contribution in [0.2, 0.25) is 0 Å². The minimum atomic E-state index is -0.449. The lowest BCUT2D eigenvalue weighted by molar-refractivity contribution is -0.122. The summed E-state index contributed by atoms with van der Waals surface area (Å²) < 4.78 is 15.8. The van der Waals surface area contributed by atoms with Gasteiger partial charge in [-0.3, -0.25) is 9.59 Å². The molecule has 1 saturated heterocycles. The number of carbonyl (C=O) groups is 2. The average Bonchev–Trinajstić information content (AvgIpc) is 3.57. The molecule has 1 aromatic heterocycles. The number of benzene rings is 2. The molecule has 9 heteroatoms. The molecule has 0 saturated carbocycles. The highest BCUT2D eigenvalue weighted by Crippen LogP contribution is 2.37. The highest BCUT2D eigenvalue weighted by Gasteiger charge is 2.36. The molecule has 5 rings (SSSR count). The van der Waals surface area contributed by atoms with Gasteiger partial charge in [-0.1, -0.05) is 24.3 Å². The zero-order valence-electron chi connectivity index (χ0n) is 18.1. The molecule has 8 nitrogen and oxygen atoms in total. The molecule has 170 valence electrons. The fraction of sp³-hybridized carbons (Fsp3) is 0.292. The Bertz CT molecular complexity index is 1180. The topological polar surface area (TPSA) is 90.0 Å². The van der Waals surface area contributed by atoms with Crippen LogP contribution in [0.4, 0.5) is 10.8 Å². The fourth-order valence-electron chi connectivity index (χ4n) is 3.92. The summed E-state index contributed by atoms with van der Waals surface area (Å²) in [5, 5.41) is 5.31. The molecule has 2 amide bonds. The third-order valence-electron chi connectivity index (χ3n) is 5.74. The summed E-state index contributed by atoms with van der Waals surface area (Å²) in [6, 6.07) is 13.5. The summed E-state index contributed by atoms with van der Waals surface area (Å²) in [7, 11) is 1.69. The zero-order chi connectivity index (χ0) is 22.8. The first-order chi connectivity index (χ1) is 16.1. The van der Waals surface area contributed by atoms with Crippen molar-refractivity contribution < 1.29 is 23.8 Å². The summed E-state index contributed by atoms with van der Waals surface area (Å²) in [4.78, 5) is 31.6. The molecule has 0 radical (unpaired) electrons. The van der Waals surface area contributed by atoms with Gasteiger partial charge in [-0.05, 0) is 24.1 Å². The van der Waals surface area contributed by atoms with Crippen molar-refractivity contribution in [1.82, 2.24) is 4.98 Å². The second-order valence-electron chi connectivity index (χ2n) is 7.91. The van der Waals surface area contributed by atoms with Crippen LogP contribution in [0.3, 0.4) is 0 Å². The van der Waals surface area contributed by atoms with Crippen molar-refractivity contribution in [1.29, 1.82) is 0 Å². The number of anilines is 2. The van der Waals surface area contributed by atoms with Crippen LogP contribution < -0.4 is 19.7 Å². The van der Waals surface area contributed by atoms with Crippen LogP contribution in [0.1, 0.15) is 12.0 Å². The number of fused-ring (bicyclic) bond motifs is 1. The molecule has 0 bridgehead atoms. The average molecular weight is 466 g/mol. The van der Waals surface area contributed by atoms with Crippen molar-refractivity contribution in [2.24, 2.45) is 5.92 Å². The Morgan fingerprint density at radius 3 is 2.85 bits per heavy atom. The van der Waals surface area contributed by atoms with Crippen molar-refractivity contribution in [3.8, 4) is 22.8 Å². The van der Waals surface area contributed by atoms with E-state index in [9.17, 15) is 9.59 Å². The van der Waals surface area contributed by atoms with Crippen molar-refractivity contribution >= 4 is 34.0 Å². The minimum absolute atomic E-state index is 0.0950. The molecule has 1 atom stereocenters. The quantitative estimate of drug-likeness (QED) is 0.572. The second kappa shape index (κ2) is 9.21. The van der Waals surface area contributed by atoms with E-state index in [0.29, 0.717) is 35.5 Å². The van der Waals surface area contributed by atoms with E-state index in [1.165, 1.54) is 16.9 Å². The largest absolute Gasteiger partial charge is 0.454 e. The van der Waals surface area contributed by atoms with E-state index in [-0.39, 0.29) is 25.0 Å². The van der Waals surface area contributed by atoms with Gasteiger partial charge >= 0.3 is 0 Å². The van der Waals surface area contributed by atoms with E-state index in [1.54, 1.807) is 30.2 Å². The van der Waals surface area contributed by atoms with Crippen molar-refractivity contribution in [3.63, 3.8) is 0 Å². The van der Waals surface area contributed by atoms with Crippen molar-refractivity contribution in [3.05, 3.63) is 53.4 Å². The number of aromatic nitrogens is 1. The number of thiazole rings is 1. The highest BCUT2D eigenvalue weighted by atomic mass is 32.1. The molecule has 0 spiro atoms. The highest BCUT2D eigenvalue weighted by molar-refractivity contribution is 7.14. The number of nitrogens with one attached hydrogen (secondary N) is 1. The van der Waals surface area contributed by atoms with Crippen LogP contribution in [-0.2, 0) is 20.7 Å². The lowest BCUT2D eigenvalue weighted by atomic mass is 10.1. The number of hydrogen-bond acceptors (Lipinski definition) is 7. The Morgan fingerprint density at radius 1 is 1.21 bits per heavy atom. The monoisotopic (exact) mass is 465 g/mol. The van der Waals surface area contributed by atoms with E-state index in [0.717, 1.165) is 17.7 Å². The van der Waals surface area contributed by atoms with Gasteiger partial charge in [0.1, 0.15) is 0 Å². The number of hydrogen-bond donors (Lipinski definition) is 1. The summed E-state index contributed by atoms with van der Waals surface area (Å²) in [5.74, 6) is 0.513. The number of amides is 2. The molecular weight excluding hydrogens is 442 g/mol. The van der Waals surface area contributed by atoms with Crippen LogP contribution in [-0.4, -0.2) is 43.9 Å². The van der Waals surface area contributed by atoms with Gasteiger partial charge in [0.25, 0.3) is 0 Å². The predicted octanol–water partition coefficient (Wildman–Crippen LogP) is 3.72. The van der Waals surface area contributed by atoms with Crippen LogP contribution >= 0.6 is 11.3 Å². The maximum atomic E-state index is 12.8. The van der Waals surface area contributed by atoms with E-state index in [2.05, 4.69) is 22.4 Å². The summed E-state index contributed by atoms with van der Waals surface area (Å²) in [6.45, 7) is 1.17. The van der Waals surface area contributed by atoms with Gasteiger partial charge in [0.2, 0.25) is 18.6 Å². The van der Waals surface area contributed by atoms with Gasteiger partial charge in [0, 0.05) is 42.8 Å². The smallest absolute Gasteiger partial charge is 0.231 e. The minimum Gasteiger partial charge on any atom is -0.454 e. The van der Waals surface area contributed by atoms with Gasteiger partial charge in [-0.15, -0.1) is 11.3 Å². The molecule has 33 heavy (non-hydrogen) atoms. The first-order valence-electron chi connectivity index (χ1n) is 10.7. The first-order valence-corrected chi connectivity index (χ1v) is 11.5. The number of ether oxygens (including phenoxy) is 3. The van der Waals surface area contributed by atoms with Crippen LogP contribution in [0.5, 0.6) is 11.5 Å². The van der Waals surface area contributed by atoms with Gasteiger partial charge < -0.3 is 24.4 Å². The summed E-state index contributed by atoms with van der Waals surface area (Å²) in [6.07, 6.45) is 1.01. The SMILES string of the molecule is COCCc1ccc(-c2csc(NC(=O)C3CC(=O)N(c4ccc5c(c4)OCO5)C3)n2)cc1. The first kappa shape index (κ1) is 21.4. The molecule has 2 aliphatic rings. The normalized spacial score (nSPS) is 16.9. The number of rotatable bonds is 7. The Hall–Kier alpha value is -3.43. The van der Waals surface area contributed by atoms with E-state index >= 15 is 0 Å². The van der Waals surface area contributed by atoms with Crippen molar-refractivity contribution in [2.75, 3.05) is 37.3 Å². The molecule has 0 aliphatic carbocycles. The van der Waals surface area contributed by atoms with Crippen LogP contribution in [0.15, 0.2) is 47.8 Å². The van der Waals surface area contributed by atoms with Gasteiger partial charge in [0.05, 0.1) is 18.2 Å². The Morgan fingerprint density at radius 2 is 2.03 bits per heavy atom. The molecule has 2 aromatic carbocycles. The third-order valence-corrected chi connectivity index (χ3v) is 6.50. The maximum Gasteiger partial charge on any atom is 0.231 e. The van der Waals surface area contributed by atoms with Gasteiger partial charge in [-0.2, -0.15) is 0 Å². The Kier molecular flexibility index (Phi) is 5.97. The molecule has 1 N–H and O–H groups in total. The Balaban J connectivity index is 1.21. The molecule has 3 heterocycles. The Labute approximate surface area is 195 Å². The summed E-state index contributed by atoms with van der Waals surface area (Å²) >= 11 is 1.37. The molecule has 3 aromatic rings. The molecule has 1 fully saturated rings. The fourth-order valence-corrected chi connectivity index (χ4v) is 4.64. The van der Waals surface area contributed by atoms with Crippen molar-refractivity contribution in [2.45, 2.75) is 12.8 Å². The van der Waals surface area contributed by atoms with Crippen LogP contribution in [0.25, 0.3) is 11.3 Å². The van der Waals surface area contributed by atoms with E-state index in [4.69, 9.17) is 14.2 Å². The summed E-state index contributed by atoms with van der Waals surface area (Å²) in [5.41, 5.74) is 3.68. The number of nitrogens with zero attached hydrogens (tertiary/aromatic N) is 2. The standard InChI is InChI=1S/C24H23N3O5S/c1-30-9-8-15-2-4-16(5-3-15)19-13-33-24(25-19)26-23(29)17-10-22(28)27(12-17)18-6-7-20-21(11-18)32-14-31-20/h2-7,11,13,17H,8-10,12,14H2,1H3,(H,25,26,29).